The first-order valence-electron chi connectivity index (χ1n) is 12.2. The monoisotopic (exact) mass is 510 g/mol. The molecular formula is C28H26N6O4. The van der Waals surface area contributed by atoms with Crippen LogP contribution in [-0.2, 0) is 4.79 Å². The molecule has 4 aromatic rings. The third-order valence-corrected chi connectivity index (χ3v) is 6.52. The van der Waals surface area contributed by atoms with Gasteiger partial charge in [-0.25, -0.2) is 4.68 Å². The van der Waals surface area contributed by atoms with Crippen molar-refractivity contribution in [2.45, 2.75) is 33.6 Å². The van der Waals surface area contributed by atoms with Gasteiger partial charge in [0.15, 0.2) is 5.82 Å². The van der Waals surface area contributed by atoms with Gasteiger partial charge in [0.1, 0.15) is 5.75 Å². The quantitative estimate of drug-likeness (QED) is 0.349. The summed E-state index contributed by atoms with van der Waals surface area (Å²) in [5, 5.41) is 15.7. The first kappa shape index (κ1) is 24.8. The van der Waals surface area contributed by atoms with Gasteiger partial charge in [0, 0.05) is 30.4 Å². The van der Waals surface area contributed by atoms with E-state index in [0.717, 1.165) is 17.0 Å². The Morgan fingerprint density at radius 3 is 2.16 bits per heavy atom. The zero-order valence-electron chi connectivity index (χ0n) is 21.3. The third kappa shape index (κ3) is 4.88. The van der Waals surface area contributed by atoms with E-state index in [-0.39, 0.29) is 30.7 Å². The number of nitrogens with one attached hydrogen (secondary N) is 1. The zero-order chi connectivity index (χ0) is 26.8. The Kier molecular flexibility index (Phi) is 6.69. The number of aromatic nitrogens is 4. The minimum Gasteiger partial charge on any atom is -0.438 e. The highest BCUT2D eigenvalue weighted by molar-refractivity contribution is 6.21. The minimum atomic E-state index is -0.317. The van der Waals surface area contributed by atoms with Crippen LogP contribution < -0.4 is 10.1 Å². The van der Waals surface area contributed by atoms with Gasteiger partial charge in [-0.15, -0.1) is 10.2 Å². The molecule has 0 saturated heterocycles. The standard InChI is InChI=1S/C28H26N6O4/c1-17-18(2)32-34(19(17)3)24-14-15-26(31-30-24)38-21-12-10-20(11-13-21)29-25(35)9-6-16-33-27(36)22-7-4-5-8-23(22)28(33)37/h4-5,7-8,10-15H,6,9,16H2,1-3H3,(H,29,35). The average Bonchev–Trinajstić information content (AvgIpc) is 3.32. The molecule has 10 nitrogen and oxygen atoms in total. The Labute approximate surface area is 219 Å². The summed E-state index contributed by atoms with van der Waals surface area (Å²) in [4.78, 5) is 38.4. The molecule has 1 aliphatic heterocycles. The van der Waals surface area contributed by atoms with E-state index in [0.29, 0.717) is 40.7 Å². The van der Waals surface area contributed by atoms with Crippen molar-refractivity contribution in [1.29, 1.82) is 0 Å². The van der Waals surface area contributed by atoms with Gasteiger partial charge < -0.3 is 10.1 Å². The Morgan fingerprint density at radius 2 is 1.58 bits per heavy atom. The fraction of sp³-hybridized carbons (Fsp3) is 0.214. The van der Waals surface area contributed by atoms with Crippen LogP contribution in [0, 0.1) is 20.8 Å². The molecule has 2 aromatic carbocycles. The van der Waals surface area contributed by atoms with Crippen LogP contribution in [0.25, 0.3) is 5.82 Å². The number of aryl methyl sites for hydroxylation is 1. The molecule has 38 heavy (non-hydrogen) atoms. The van der Waals surface area contributed by atoms with Gasteiger partial charge in [0.05, 0.1) is 16.8 Å². The van der Waals surface area contributed by atoms with Crippen LogP contribution in [0.1, 0.15) is 50.5 Å². The van der Waals surface area contributed by atoms with Crippen molar-refractivity contribution in [2.75, 3.05) is 11.9 Å². The van der Waals surface area contributed by atoms with Crippen LogP contribution in [0.5, 0.6) is 11.6 Å². The van der Waals surface area contributed by atoms with E-state index >= 15 is 0 Å². The van der Waals surface area contributed by atoms with E-state index in [1.807, 2.05) is 20.8 Å². The Bertz CT molecular complexity index is 1490. The second-order valence-electron chi connectivity index (χ2n) is 9.02. The number of hydrogen-bond acceptors (Lipinski definition) is 7. The predicted molar refractivity (Wildman–Crippen MR) is 140 cm³/mol. The molecule has 10 heteroatoms. The molecule has 3 amide bonds. The van der Waals surface area contributed by atoms with Crippen molar-refractivity contribution in [3.05, 3.63) is 88.7 Å². The first-order chi connectivity index (χ1) is 18.3. The molecule has 0 radical (unpaired) electrons. The Balaban J connectivity index is 1.11. The van der Waals surface area contributed by atoms with Crippen LogP contribution in [0.2, 0.25) is 0 Å². The normalized spacial score (nSPS) is 12.6. The molecule has 192 valence electrons. The lowest BCUT2D eigenvalue weighted by molar-refractivity contribution is -0.116. The minimum absolute atomic E-state index is 0.169. The van der Waals surface area contributed by atoms with Crippen LogP contribution in [0.3, 0.4) is 0 Å². The van der Waals surface area contributed by atoms with Crippen LogP contribution >= 0.6 is 0 Å². The average molecular weight is 511 g/mol. The molecular weight excluding hydrogens is 484 g/mol. The highest BCUT2D eigenvalue weighted by Crippen LogP contribution is 2.24. The maximum Gasteiger partial charge on any atom is 0.261 e. The number of rotatable bonds is 8. The maximum absolute atomic E-state index is 12.4. The van der Waals surface area contributed by atoms with Crippen LogP contribution in [0.15, 0.2) is 60.7 Å². The van der Waals surface area contributed by atoms with Gasteiger partial charge >= 0.3 is 0 Å². The van der Waals surface area contributed by atoms with Gasteiger partial charge in [-0.3, -0.25) is 19.3 Å². The number of fused-ring (bicyclic) bond motifs is 1. The molecule has 0 fully saturated rings. The van der Waals surface area contributed by atoms with Gasteiger partial charge in [-0.1, -0.05) is 12.1 Å². The topological polar surface area (TPSA) is 119 Å². The van der Waals surface area contributed by atoms with Crippen molar-refractivity contribution < 1.29 is 19.1 Å². The van der Waals surface area contributed by atoms with Gasteiger partial charge in [-0.2, -0.15) is 5.10 Å². The first-order valence-corrected chi connectivity index (χ1v) is 12.2. The molecule has 0 bridgehead atoms. The summed E-state index contributed by atoms with van der Waals surface area (Å²) in [5.41, 5.74) is 4.48. The summed E-state index contributed by atoms with van der Waals surface area (Å²) in [7, 11) is 0. The number of ether oxygens (including phenoxy) is 1. The number of benzene rings is 2. The summed E-state index contributed by atoms with van der Waals surface area (Å²) < 4.78 is 7.52. The number of nitrogens with zero attached hydrogens (tertiary/aromatic N) is 5. The van der Waals surface area contributed by atoms with Crippen molar-refractivity contribution >= 4 is 23.4 Å². The SMILES string of the molecule is Cc1nn(-c2ccc(Oc3ccc(NC(=O)CCCN4C(=O)c5ccccc5C4=O)cc3)nn2)c(C)c1C. The van der Waals surface area contributed by atoms with Crippen molar-refractivity contribution in [1.82, 2.24) is 24.9 Å². The van der Waals surface area contributed by atoms with Gasteiger partial charge in [-0.05, 0) is 75.2 Å². The second kappa shape index (κ2) is 10.3. The fourth-order valence-electron chi connectivity index (χ4n) is 4.21. The second-order valence-corrected chi connectivity index (χ2v) is 9.02. The molecule has 1 aliphatic rings. The summed E-state index contributed by atoms with van der Waals surface area (Å²) in [6.07, 6.45) is 0.534. The number of hydrogen-bond donors (Lipinski definition) is 1. The highest BCUT2D eigenvalue weighted by atomic mass is 16.5. The molecule has 3 heterocycles. The lowest BCUT2D eigenvalue weighted by atomic mass is 10.1. The fourth-order valence-corrected chi connectivity index (χ4v) is 4.21. The summed E-state index contributed by atoms with van der Waals surface area (Å²) in [5.74, 6) is 0.628. The van der Waals surface area contributed by atoms with E-state index in [9.17, 15) is 14.4 Å². The molecule has 0 unspecified atom stereocenters. The van der Waals surface area contributed by atoms with Crippen molar-refractivity contribution in [3.63, 3.8) is 0 Å². The van der Waals surface area contributed by atoms with Crippen molar-refractivity contribution in [3.8, 4) is 17.4 Å². The lowest BCUT2D eigenvalue weighted by Crippen LogP contribution is -2.31. The molecule has 5 rings (SSSR count). The molecule has 1 N–H and O–H groups in total. The van der Waals surface area contributed by atoms with Crippen LogP contribution in [-0.4, -0.2) is 49.1 Å². The number of amides is 3. The van der Waals surface area contributed by atoms with E-state index in [4.69, 9.17) is 4.74 Å². The van der Waals surface area contributed by atoms with Crippen molar-refractivity contribution in [2.24, 2.45) is 0 Å². The number of imide groups is 1. The number of carbonyl (C=O) groups is 3. The van der Waals surface area contributed by atoms with Crippen LogP contribution in [0.4, 0.5) is 5.69 Å². The van der Waals surface area contributed by atoms with E-state index < -0.39 is 0 Å². The summed E-state index contributed by atoms with van der Waals surface area (Å²) in [6.45, 7) is 6.14. The predicted octanol–water partition coefficient (Wildman–Crippen LogP) is 4.39. The summed E-state index contributed by atoms with van der Waals surface area (Å²) >= 11 is 0. The zero-order valence-corrected chi connectivity index (χ0v) is 21.3. The third-order valence-electron chi connectivity index (χ3n) is 6.52. The molecule has 0 atom stereocenters. The number of anilines is 1. The van der Waals surface area contributed by atoms with Gasteiger partial charge in [0.2, 0.25) is 11.8 Å². The Hall–Kier alpha value is -4.86. The summed E-state index contributed by atoms with van der Waals surface area (Å²) in [6, 6.07) is 17.1. The van der Waals surface area contributed by atoms with E-state index in [1.54, 1.807) is 65.3 Å². The largest absolute Gasteiger partial charge is 0.438 e. The smallest absolute Gasteiger partial charge is 0.261 e. The molecule has 2 aromatic heterocycles. The Morgan fingerprint density at radius 1 is 0.895 bits per heavy atom. The number of carbonyl (C=O) groups excluding carboxylic acids is 3. The maximum atomic E-state index is 12.4. The highest BCUT2D eigenvalue weighted by Gasteiger charge is 2.34. The molecule has 0 saturated carbocycles. The molecule has 0 spiro atoms. The van der Waals surface area contributed by atoms with Gasteiger partial charge in [0.25, 0.3) is 11.8 Å². The van der Waals surface area contributed by atoms with E-state index in [2.05, 4.69) is 20.6 Å². The lowest BCUT2D eigenvalue weighted by Gasteiger charge is -2.13. The van der Waals surface area contributed by atoms with E-state index in [1.165, 1.54) is 4.90 Å². The molecule has 0 aliphatic carbocycles.